The lowest BCUT2D eigenvalue weighted by Gasteiger charge is -2.45. The molecule has 3 saturated carbocycles. The number of hydrogen-bond acceptors (Lipinski definition) is 2. The summed E-state index contributed by atoms with van der Waals surface area (Å²) in [5.41, 5.74) is -0.00933. The van der Waals surface area contributed by atoms with Crippen molar-refractivity contribution < 1.29 is 0 Å². The zero-order chi connectivity index (χ0) is 16.3. The minimum Gasteiger partial charge on any atom is -0.298 e. The predicted molar refractivity (Wildman–Crippen MR) is 96.4 cm³/mol. The Hall–Kier alpha value is -0.840. The number of aliphatic imine (C=N–C) groups is 1. The van der Waals surface area contributed by atoms with E-state index in [2.05, 4.69) is 24.7 Å². The van der Waals surface area contributed by atoms with Gasteiger partial charge in [0, 0.05) is 6.04 Å². The highest BCUT2D eigenvalue weighted by Crippen LogP contribution is 2.52. The first-order valence-electron chi connectivity index (χ1n) is 10.0. The Morgan fingerprint density at radius 2 is 1.43 bits per heavy atom. The lowest BCUT2D eigenvalue weighted by Crippen LogP contribution is -2.38. The monoisotopic (exact) mass is 314 g/mol. The molecule has 3 aliphatic rings. The van der Waals surface area contributed by atoms with Crippen molar-refractivity contribution in [3.05, 3.63) is 0 Å². The fourth-order valence-electron chi connectivity index (χ4n) is 5.81. The van der Waals surface area contributed by atoms with Crippen molar-refractivity contribution in [2.75, 3.05) is 0 Å². The standard InChI is InChI=1S/C21H34N2/c1-16-3-5-17(6-4-16)18-11-13-21(15-22,14-12-18)19-7-9-20(23-2)10-8-19/h16-20H,2-14H2,1H3. The molecule has 0 atom stereocenters. The Morgan fingerprint density at radius 1 is 0.870 bits per heavy atom. The first-order valence-corrected chi connectivity index (χ1v) is 10.0. The molecule has 0 aromatic carbocycles. The third-order valence-corrected chi connectivity index (χ3v) is 7.61. The highest BCUT2D eigenvalue weighted by Gasteiger charge is 2.44. The fraction of sp³-hybridized carbons (Fsp3) is 0.905. The number of nitrogens with zero attached hydrogens (tertiary/aromatic N) is 2. The Kier molecular flexibility index (Phi) is 5.45. The van der Waals surface area contributed by atoms with Gasteiger partial charge < -0.3 is 0 Å². The molecule has 0 heterocycles. The lowest BCUT2D eigenvalue weighted by molar-refractivity contribution is 0.0687. The average Bonchev–Trinajstić information content (AvgIpc) is 2.63. The van der Waals surface area contributed by atoms with Gasteiger partial charge in [0.2, 0.25) is 0 Å². The van der Waals surface area contributed by atoms with Crippen molar-refractivity contribution in [3.8, 4) is 6.07 Å². The second-order valence-electron chi connectivity index (χ2n) is 8.81. The van der Waals surface area contributed by atoms with Crippen LogP contribution in [0.2, 0.25) is 0 Å². The molecule has 0 unspecified atom stereocenters. The van der Waals surface area contributed by atoms with Gasteiger partial charge in [-0.25, -0.2) is 0 Å². The maximum atomic E-state index is 9.96. The van der Waals surface area contributed by atoms with Crippen molar-refractivity contribution in [1.82, 2.24) is 0 Å². The van der Waals surface area contributed by atoms with Gasteiger partial charge in [0.25, 0.3) is 0 Å². The second kappa shape index (κ2) is 7.37. The summed E-state index contributed by atoms with van der Waals surface area (Å²) in [5.74, 6) is 3.44. The average molecular weight is 315 g/mol. The summed E-state index contributed by atoms with van der Waals surface area (Å²) in [6, 6.07) is 3.26. The van der Waals surface area contributed by atoms with Gasteiger partial charge in [0.05, 0.1) is 11.5 Å². The topological polar surface area (TPSA) is 36.1 Å². The molecule has 128 valence electrons. The molecule has 0 aliphatic heterocycles. The van der Waals surface area contributed by atoms with E-state index in [1.54, 1.807) is 0 Å². The quantitative estimate of drug-likeness (QED) is 0.609. The van der Waals surface area contributed by atoms with Crippen LogP contribution < -0.4 is 0 Å². The van der Waals surface area contributed by atoms with E-state index in [0.717, 1.165) is 43.4 Å². The molecule has 0 amide bonds. The van der Waals surface area contributed by atoms with Crippen LogP contribution in [-0.2, 0) is 0 Å². The summed E-state index contributed by atoms with van der Waals surface area (Å²) in [4.78, 5) is 4.22. The van der Waals surface area contributed by atoms with Gasteiger partial charge in [0.15, 0.2) is 0 Å². The van der Waals surface area contributed by atoms with Crippen LogP contribution in [-0.4, -0.2) is 12.8 Å². The summed E-state index contributed by atoms with van der Waals surface area (Å²) in [6.45, 7) is 6.12. The van der Waals surface area contributed by atoms with Crippen LogP contribution >= 0.6 is 0 Å². The molecular formula is C21H34N2. The Bertz CT molecular complexity index is 425. The van der Waals surface area contributed by atoms with E-state index in [1.807, 2.05) is 0 Å². The summed E-state index contributed by atoms with van der Waals surface area (Å²) < 4.78 is 0. The number of rotatable bonds is 3. The van der Waals surface area contributed by atoms with Crippen molar-refractivity contribution in [2.24, 2.45) is 34.1 Å². The summed E-state index contributed by atoms with van der Waals surface area (Å²) in [7, 11) is 0. The van der Waals surface area contributed by atoms with E-state index in [-0.39, 0.29) is 5.41 Å². The van der Waals surface area contributed by atoms with Crippen LogP contribution in [0.1, 0.15) is 84.0 Å². The third kappa shape index (κ3) is 3.65. The van der Waals surface area contributed by atoms with Crippen molar-refractivity contribution in [2.45, 2.75) is 90.0 Å². The van der Waals surface area contributed by atoms with E-state index in [0.29, 0.717) is 12.0 Å². The van der Waals surface area contributed by atoms with Gasteiger partial charge in [-0.3, -0.25) is 4.99 Å². The SMILES string of the molecule is C=NC1CCC(C2(C#N)CCC(C3CCC(C)CC3)CC2)CC1. The van der Waals surface area contributed by atoms with E-state index < -0.39 is 0 Å². The Balaban J connectivity index is 1.55. The summed E-state index contributed by atoms with van der Waals surface area (Å²) in [5, 5.41) is 9.96. The van der Waals surface area contributed by atoms with Crippen LogP contribution in [0.3, 0.4) is 0 Å². The van der Waals surface area contributed by atoms with Crippen LogP contribution in [0.25, 0.3) is 0 Å². The molecule has 0 aromatic heterocycles. The Labute approximate surface area is 142 Å². The number of hydrogen-bond donors (Lipinski definition) is 0. The van der Waals surface area contributed by atoms with E-state index in [1.165, 1.54) is 51.4 Å². The second-order valence-corrected chi connectivity index (χ2v) is 8.81. The molecule has 2 nitrogen and oxygen atoms in total. The first kappa shape index (κ1) is 17.0. The van der Waals surface area contributed by atoms with Crippen LogP contribution in [0.4, 0.5) is 0 Å². The maximum absolute atomic E-state index is 9.96. The third-order valence-electron chi connectivity index (χ3n) is 7.61. The minimum atomic E-state index is -0.00933. The molecular weight excluding hydrogens is 280 g/mol. The molecule has 3 fully saturated rings. The van der Waals surface area contributed by atoms with Gasteiger partial charge in [-0.05, 0) is 94.6 Å². The van der Waals surface area contributed by atoms with Gasteiger partial charge in [-0.1, -0.05) is 19.8 Å². The summed E-state index contributed by atoms with van der Waals surface area (Å²) in [6.07, 6.45) is 15.4. The van der Waals surface area contributed by atoms with Gasteiger partial charge in [-0.15, -0.1) is 0 Å². The van der Waals surface area contributed by atoms with Crippen LogP contribution in [0.15, 0.2) is 4.99 Å². The molecule has 23 heavy (non-hydrogen) atoms. The van der Waals surface area contributed by atoms with Crippen LogP contribution in [0.5, 0.6) is 0 Å². The Morgan fingerprint density at radius 3 is 1.96 bits per heavy atom. The normalized spacial score (nSPS) is 45.1. The molecule has 3 aliphatic carbocycles. The fourth-order valence-corrected chi connectivity index (χ4v) is 5.81. The minimum absolute atomic E-state index is 0.00933. The van der Waals surface area contributed by atoms with Gasteiger partial charge >= 0.3 is 0 Å². The van der Waals surface area contributed by atoms with Crippen molar-refractivity contribution in [3.63, 3.8) is 0 Å². The molecule has 0 saturated heterocycles. The summed E-state index contributed by atoms with van der Waals surface area (Å²) >= 11 is 0. The zero-order valence-electron chi connectivity index (χ0n) is 15.0. The molecule has 0 spiro atoms. The predicted octanol–water partition coefficient (Wildman–Crippen LogP) is 5.77. The molecule has 0 N–H and O–H groups in total. The van der Waals surface area contributed by atoms with E-state index in [4.69, 9.17) is 0 Å². The molecule has 0 radical (unpaired) electrons. The molecule has 0 bridgehead atoms. The maximum Gasteiger partial charge on any atom is 0.0692 e. The van der Waals surface area contributed by atoms with E-state index >= 15 is 0 Å². The van der Waals surface area contributed by atoms with Crippen molar-refractivity contribution >= 4 is 6.72 Å². The molecule has 3 rings (SSSR count). The zero-order valence-corrected chi connectivity index (χ0v) is 15.0. The molecule has 2 heteroatoms. The first-order chi connectivity index (χ1) is 11.2. The number of nitriles is 1. The van der Waals surface area contributed by atoms with Gasteiger partial charge in [-0.2, -0.15) is 5.26 Å². The lowest BCUT2D eigenvalue weighted by atomic mass is 9.58. The van der Waals surface area contributed by atoms with Gasteiger partial charge in [0.1, 0.15) is 0 Å². The smallest absolute Gasteiger partial charge is 0.0692 e. The van der Waals surface area contributed by atoms with E-state index in [9.17, 15) is 5.26 Å². The molecule has 0 aromatic rings. The van der Waals surface area contributed by atoms with Crippen LogP contribution in [0, 0.1) is 40.4 Å². The highest BCUT2D eigenvalue weighted by molar-refractivity contribution is 5.24. The van der Waals surface area contributed by atoms with Crippen molar-refractivity contribution in [1.29, 1.82) is 5.26 Å². The highest BCUT2D eigenvalue weighted by atomic mass is 14.7. The largest absolute Gasteiger partial charge is 0.298 e.